The molecular formula is C19H29NO2. The highest BCUT2D eigenvalue weighted by Gasteiger charge is 2.32. The van der Waals surface area contributed by atoms with Gasteiger partial charge in [0.1, 0.15) is 6.61 Å². The third-order valence-corrected chi connectivity index (χ3v) is 5.08. The number of carbonyl (C=O) groups excluding carboxylic acids is 1. The van der Waals surface area contributed by atoms with Crippen molar-refractivity contribution in [3.05, 3.63) is 35.9 Å². The normalized spacial score (nSPS) is 18.1. The second kappa shape index (κ2) is 7.17. The Morgan fingerprint density at radius 1 is 1.23 bits per heavy atom. The Labute approximate surface area is 134 Å². The second-order valence-corrected chi connectivity index (χ2v) is 7.52. The predicted molar refractivity (Wildman–Crippen MR) is 89.5 cm³/mol. The lowest BCUT2D eigenvalue weighted by Gasteiger charge is -2.39. The molecule has 1 aromatic carbocycles. The average molecular weight is 303 g/mol. The highest BCUT2D eigenvalue weighted by Crippen LogP contribution is 2.37. The van der Waals surface area contributed by atoms with Crippen molar-refractivity contribution in [2.45, 2.75) is 47.1 Å². The molecule has 1 saturated heterocycles. The molecule has 122 valence electrons. The number of hydrogen-bond donors (Lipinski definition) is 0. The van der Waals surface area contributed by atoms with E-state index in [0.29, 0.717) is 23.9 Å². The number of nitrogens with zero attached hydrogens (tertiary/aromatic N) is 1. The van der Waals surface area contributed by atoms with Crippen LogP contribution in [0.5, 0.6) is 0 Å². The van der Waals surface area contributed by atoms with E-state index in [1.54, 1.807) is 0 Å². The molecule has 3 heteroatoms. The van der Waals surface area contributed by atoms with E-state index < -0.39 is 0 Å². The molecule has 1 heterocycles. The summed E-state index contributed by atoms with van der Waals surface area (Å²) < 4.78 is 5.42. The van der Waals surface area contributed by atoms with E-state index in [-0.39, 0.29) is 6.09 Å². The van der Waals surface area contributed by atoms with Gasteiger partial charge in [0.2, 0.25) is 0 Å². The smallest absolute Gasteiger partial charge is 0.410 e. The first-order valence-electron chi connectivity index (χ1n) is 8.33. The van der Waals surface area contributed by atoms with E-state index >= 15 is 0 Å². The Morgan fingerprint density at radius 2 is 1.82 bits per heavy atom. The molecule has 1 aromatic rings. The Balaban J connectivity index is 1.78. The summed E-state index contributed by atoms with van der Waals surface area (Å²) in [5.41, 5.74) is 1.37. The third-order valence-electron chi connectivity index (χ3n) is 5.08. The summed E-state index contributed by atoms with van der Waals surface area (Å²) in [5.74, 6) is 1.38. The summed E-state index contributed by atoms with van der Waals surface area (Å²) in [6.07, 6.45) is 1.99. The lowest BCUT2D eigenvalue weighted by molar-refractivity contribution is 0.0636. The fraction of sp³-hybridized carbons (Fsp3) is 0.632. The van der Waals surface area contributed by atoms with Crippen molar-refractivity contribution in [2.75, 3.05) is 13.1 Å². The van der Waals surface area contributed by atoms with Crippen LogP contribution in [0, 0.1) is 17.3 Å². The van der Waals surface area contributed by atoms with E-state index in [4.69, 9.17) is 4.74 Å². The molecule has 0 spiro atoms. The van der Waals surface area contributed by atoms with E-state index in [0.717, 1.165) is 31.5 Å². The van der Waals surface area contributed by atoms with E-state index in [1.165, 1.54) is 0 Å². The lowest BCUT2D eigenvalue weighted by Crippen LogP contribution is -2.41. The highest BCUT2D eigenvalue weighted by molar-refractivity contribution is 5.67. The predicted octanol–water partition coefficient (Wildman–Crippen LogP) is 4.72. The van der Waals surface area contributed by atoms with Crippen LogP contribution in [-0.2, 0) is 11.3 Å². The zero-order valence-electron chi connectivity index (χ0n) is 14.3. The van der Waals surface area contributed by atoms with Crippen LogP contribution in [0.15, 0.2) is 30.3 Å². The van der Waals surface area contributed by atoms with Crippen molar-refractivity contribution >= 4 is 6.09 Å². The van der Waals surface area contributed by atoms with Crippen molar-refractivity contribution in [2.24, 2.45) is 17.3 Å². The minimum absolute atomic E-state index is 0.175. The number of benzene rings is 1. The summed E-state index contributed by atoms with van der Waals surface area (Å²) in [6.45, 7) is 11.2. The lowest BCUT2D eigenvalue weighted by atomic mass is 9.71. The third kappa shape index (κ3) is 4.49. The van der Waals surface area contributed by atoms with Crippen molar-refractivity contribution < 1.29 is 9.53 Å². The first-order valence-corrected chi connectivity index (χ1v) is 8.33. The van der Waals surface area contributed by atoms with E-state index in [2.05, 4.69) is 27.7 Å². The first kappa shape index (κ1) is 16.9. The van der Waals surface area contributed by atoms with Crippen LogP contribution >= 0.6 is 0 Å². The number of ether oxygens (including phenoxy) is 1. The molecule has 1 amide bonds. The van der Waals surface area contributed by atoms with Crippen molar-refractivity contribution in [3.63, 3.8) is 0 Å². The standard InChI is InChI=1S/C19H29NO2/c1-15(19(2,3)4)17-10-12-20(13-11-17)18(21)22-14-16-8-6-5-7-9-16/h5-9,15,17H,10-14H2,1-4H3. The molecule has 1 aliphatic rings. The fourth-order valence-electron chi connectivity index (χ4n) is 3.10. The SMILES string of the molecule is CC(C1CCN(C(=O)OCc2ccccc2)CC1)C(C)(C)C. The maximum atomic E-state index is 12.1. The van der Waals surface area contributed by atoms with Crippen LogP contribution in [0.1, 0.15) is 46.1 Å². The summed E-state index contributed by atoms with van der Waals surface area (Å²) >= 11 is 0. The Morgan fingerprint density at radius 3 is 2.36 bits per heavy atom. The van der Waals surface area contributed by atoms with Gasteiger partial charge in [-0.2, -0.15) is 0 Å². The van der Waals surface area contributed by atoms with Gasteiger partial charge in [0, 0.05) is 13.1 Å². The summed E-state index contributed by atoms with van der Waals surface area (Å²) in [4.78, 5) is 14.0. The summed E-state index contributed by atoms with van der Waals surface area (Å²) in [5, 5.41) is 0. The van der Waals surface area contributed by atoms with Gasteiger partial charge in [0.25, 0.3) is 0 Å². The topological polar surface area (TPSA) is 29.5 Å². The Bertz CT molecular complexity index is 470. The molecule has 0 radical (unpaired) electrons. The Kier molecular flexibility index (Phi) is 5.49. The molecule has 1 unspecified atom stereocenters. The Hall–Kier alpha value is -1.51. The maximum Gasteiger partial charge on any atom is 0.410 e. The van der Waals surface area contributed by atoms with E-state index in [9.17, 15) is 4.79 Å². The van der Waals surface area contributed by atoms with E-state index in [1.807, 2.05) is 35.2 Å². The van der Waals surface area contributed by atoms with Gasteiger partial charge >= 0.3 is 6.09 Å². The van der Waals surface area contributed by atoms with Crippen molar-refractivity contribution in [1.82, 2.24) is 4.90 Å². The monoisotopic (exact) mass is 303 g/mol. The van der Waals surface area contributed by atoms with Gasteiger partial charge in [-0.3, -0.25) is 0 Å². The quantitative estimate of drug-likeness (QED) is 0.808. The van der Waals surface area contributed by atoms with Crippen LogP contribution in [0.4, 0.5) is 4.79 Å². The molecule has 1 aliphatic heterocycles. The van der Waals surface area contributed by atoms with Gasteiger partial charge < -0.3 is 9.64 Å². The highest BCUT2D eigenvalue weighted by atomic mass is 16.6. The van der Waals surface area contributed by atoms with Gasteiger partial charge in [-0.1, -0.05) is 58.0 Å². The number of hydrogen-bond acceptors (Lipinski definition) is 2. The van der Waals surface area contributed by atoms with Gasteiger partial charge in [-0.05, 0) is 35.7 Å². The number of piperidine rings is 1. The molecule has 1 atom stereocenters. The molecule has 22 heavy (non-hydrogen) atoms. The molecular weight excluding hydrogens is 274 g/mol. The van der Waals surface area contributed by atoms with Gasteiger partial charge in [0.15, 0.2) is 0 Å². The molecule has 0 bridgehead atoms. The van der Waals surface area contributed by atoms with Crippen LogP contribution in [-0.4, -0.2) is 24.1 Å². The molecule has 0 saturated carbocycles. The van der Waals surface area contributed by atoms with Gasteiger partial charge in [0.05, 0.1) is 0 Å². The molecule has 2 rings (SSSR count). The average Bonchev–Trinajstić information content (AvgIpc) is 2.52. The number of likely N-dealkylation sites (tertiary alicyclic amines) is 1. The van der Waals surface area contributed by atoms with Crippen LogP contribution in [0.25, 0.3) is 0 Å². The number of rotatable bonds is 3. The minimum atomic E-state index is -0.175. The van der Waals surface area contributed by atoms with Crippen molar-refractivity contribution in [1.29, 1.82) is 0 Å². The zero-order valence-corrected chi connectivity index (χ0v) is 14.3. The number of amides is 1. The largest absolute Gasteiger partial charge is 0.445 e. The van der Waals surface area contributed by atoms with Crippen LogP contribution in [0.2, 0.25) is 0 Å². The first-order chi connectivity index (χ1) is 10.4. The maximum absolute atomic E-state index is 12.1. The minimum Gasteiger partial charge on any atom is -0.445 e. The zero-order chi connectivity index (χ0) is 16.2. The molecule has 1 fully saturated rings. The second-order valence-electron chi connectivity index (χ2n) is 7.52. The van der Waals surface area contributed by atoms with Gasteiger partial charge in [-0.25, -0.2) is 4.79 Å². The van der Waals surface area contributed by atoms with Gasteiger partial charge in [-0.15, -0.1) is 0 Å². The molecule has 0 aromatic heterocycles. The molecule has 3 nitrogen and oxygen atoms in total. The number of carbonyl (C=O) groups is 1. The van der Waals surface area contributed by atoms with Crippen molar-refractivity contribution in [3.8, 4) is 0 Å². The summed E-state index contributed by atoms with van der Waals surface area (Å²) in [7, 11) is 0. The van der Waals surface area contributed by atoms with Crippen LogP contribution < -0.4 is 0 Å². The van der Waals surface area contributed by atoms with Crippen LogP contribution in [0.3, 0.4) is 0 Å². The molecule has 0 N–H and O–H groups in total. The fourth-order valence-corrected chi connectivity index (χ4v) is 3.10. The molecule has 0 aliphatic carbocycles. The summed E-state index contributed by atoms with van der Waals surface area (Å²) in [6, 6.07) is 9.84.